The van der Waals surface area contributed by atoms with Gasteiger partial charge in [-0.2, -0.15) is 0 Å². The van der Waals surface area contributed by atoms with Crippen LogP contribution < -0.4 is 9.47 Å². The van der Waals surface area contributed by atoms with E-state index in [1.807, 2.05) is 25.1 Å². The van der Waals surface area contributed by atoms with Crippen molar-refractivity contribution in [2.45, 2.75) is 39.0 Å². The van der Waals surface area contributed by atoms with Crippen molar-refractivity contribution in [3.05, 3.63) is 35.0 Å². The number of ketones is 1. The molecule has 1 aromatic carbocycles. The van der Waals surface area contributed by atoms with Crippen molar-refractivity contribution in [2.24, 2.45) is 10.9 Å². The molecule has 3 aliphatic rings. The summed E-state index contributed by atoms with van der Waals surface area (Å²) >= 11 is 0. The summed E-state index contributed by atoms with van der Waals surface area (Å²) in [7, 11) is 0. The lowest BCUT2D eigenvalue weighted by molar-refractivity contribution is -0.146. The maximum atomic E-state index is 12.7. The molecule has 0 saturated heterocycles. The second kappa shape index (κ2) is 6.59. The molecule has 0 fully saturated rings. The number of carbonyl (C=O) groups excluding carboxylic acids is 2. The number of hydrogen-bond donors (Lipinski definition) is 0. The Morgan fingerprint density at radius 2 is 2.08 bits per heavy atom. The van der Waals surface area contributed by atoms with E-state index in [2.05, 4.69) is 4.99 Å². The first kappa shape index (κ1) is 16.8. The Morgan fingerprint density at radius 3 is 2.88 bits per heavy atom. The van der Waals surface area contributed by atoms with Crippen LogP contribution in [0.2, 0.25) is 0 Å². The molecule has 0 bridgehead atoms. The van der Waals surface area contributed by atoms with Crippen molar-refractivity contribution < 1.29 is 23.8 Å². The molecule has 2 atom stereocenters. The number of esters is 1. The van der Waals surface area contributed by atoms with Crippen molar-refractivity contribution in [1.82, 2.24) is 0 Å². The smallest absolute Gasteiger partial charge is 0.315 e. The Balaban J connectivity index is 1.85. The highest BCUT2D eigenvalue weighted by atomic mass is 16.7. The zero-order chi connectivity index (χ0) is 18.3. The largest absolute Gasteiger partial charge is 0.465 e. The summed E-state index contributed by atoms with van der Waals surface area (Å²) in [4.78, 5) is 30.1. The third-order valence-corrected chi connectivity index (χ3v) is 5.13. The van der Waals surface area contributed by atoms with E-state index in [-0.39, 0.29) is 25.2 Å². The predicted octanol–water partition coefficient (Wildman–Crippen LogP) is 3.16. The minimum absolute atomic E-state index is 0.0689. The van der Waals surface area contributed by atoms with Gasteiger partial charge in [0.2, 0.25) is 6.79 Å². The average Bonchev–Trinajstić information content (AvgIpc) is 3.08. The number of benzene rings is 1. The van der Waals surface area contributed by atoms with Gasteiger partial charge in [0.25, 0.3) is 0 Å². The van der Waals surface area contributed by atoms with E-state index >= 15 is 0 Å². The Morgan fingerprint density at radius 1 is 1.27 bits per heavy atom. The van der Waals surface area contributed by atoms with Crippen LogP contribution in [0.1, 0.15) is 44.6 Å². The van der Waals surface area contributed by atoms with Gasteiger partial charge in [-0.25, -0.2) is 0 Å². The number of allylic oxidation sites excluding steroid dienone is 2. The summed E-state index contributed by atoms with van der Waals surface area (Å²) in [5.74, 6) is 0.0308. The summed E-state index contributed by atoms with van der Waals surface area (Å²) in [6, 6.07) is 5.59. The zero-order valence-corrected chi connectivity index (χ0v) is 14.9. The van der Waals surface area contributed by atoms with Crippen LogP contribution in [0.4, 0.5) is 0 Å². The number of aliphatic imine (C=N–C) groups is 1. The van der Waals surface area contributed by atoms with Crippen LogP contribution in [0.25, 0.3) is 0 Å². The van der Waals surface area contributed by atoms with Gasteiger partial charge in [-0.3, -0.25) is 14.6 Å². The first-order valence-electron chi connectivity index (χ1n) is 8.97. The molecular weight excluding hydrogens is 334 g/mol. The topological polar surface area (TPSA) is 74.2 Å². The molecule has 136 valence electrons. The average molecular weight is 355 g/mol. The van der Waals surface area contributed by atoms with E-state index in [1.165, 1.54) is 0 Å². The number of fused-ring (bicyclic) bond motifs is 1. The quantitative estimate of drug-likeness (QED) is 0.779. The number of hydrogen-bond acceptors (Lipinski definition) is 6. The van der Waals surface area contributed by atoms with Crippen LogP contribution in [0.3, 0.4) is 0 Å². The lowest BCUT2D eigenvalue weighted by Crippen LogP contribution is -2.37. The van der Waals surface area contributed by atoms with Crippen LogP contribution in [-0.4, -0.2) is 30.9 Å². The molecule has 4 rings (SSSR count). The molecule has 0 amide bonds. The van der Waals surface area contributed by atoms with Crippen molar-refractivity contribution in [3.8, 4) is 11.5 Å². The van der Waals surface area contributed by atoms with Crippen LogP contribution in [0.5, 0.6) is 11.5 Å². The molecule has 26 heavy (non-hydrogen) atoms. The minimum Gasteiger partial charge on any atom is -0.465 e. The molecule has 0 aromatic heterocycles. The highest BCUT2D eigenvalue weighted by Crippen LogP contribution is 2.45. The highest BCUT2D eigenvalue weighted by Gasteiger charge is 2.43. The normalized spacial score (nSPS) is 24.2. The zero-order valence-electron chi connectivity index (χ0n) is 14.9. The lowest BCUT2D eigenvalue weighted by Gasteiger charge is -2.34. The van der Waals surface area contributed by atoms with Crippen LogP contribution in [0, 0.1) is 5.92 Å². The van der Waals surface area contributed by atoms with E-state index in [0.717, 1.165) is 24.1 Å². The van der Waals surface area contributed by atoms with Gasteiger partial charge in [-0.15, -0.1) is 0 Å². The summed E-state index contributed by atoms with van der Waals surface area (Å²) in [6.45, 7) is 4.08. The van der Waals surface area contributed by atoms with Gasteiger partial charge in [0.05, 0.1) is 6.61 Å². The molecule has 1 aromatic rings. The molecular formula is C20H21NO5. The molecule has 1 aliphatic carbocycles. The monoisotopic (exact) mass is 355 g/mol. The van der Waals surface area contributed by atoms with Gasteiger partial charge < -0.3 is 14.2 Å². The van der Waals surface area contributed by atoms with Crippen LogP contribution >= 0.6 is 0 Å². The van der Waals surface area contributed by atoms with Gasteiger partial charge in [0.1, 0.15) is 5.92 Å². The Kier molecular flexibility index (Phi) is 4.26. The van der Waals surface area contributed by atoms with E-state index in [0.29, 0.717) is 29.2 Å². The SMILES string of the molecule is CCOC(=O)C1C(C)=NC2=C(C(=O)CCC2)[C@H]1c1ccc2c(c1)OCO2. The summed E-state index contributed by atoms with van der Waals surface area (Å²) < 4.78 is 16.2. The molecule has 0 N–H and O–H groups in total. The van der Waals surface area contributed by atoms with E-state index in [9.17, 15) is 9.59 Å². The number of Topliss-reactive ketones (excluding diaryl/α,β-unsaturated/α-hetero) is 1. The molecule has 2 heterocycles. The van der Waals surface area contributed by atoms with Gasteiger partial charge in [-0.1, -0.05) is 6.07 Å². The third kappa shape index (κ3) is 2.69. The molecule has 1 unspecified atom stereocenters. The third-order valence-electron chi connectivity index (χ3n) is 5.13. The van der Waals surface area contributed by atoms with Crippen molar-refractivity contribution in [2.75, 3.05) is 13.4 Å². The van der Waals surface area contributed by atoms with Gasteiger partial charge in [0, 0.05) is 29.3 Å². The molecule has 0 saturated carbocycles. The summed E-state index contributed by atoms with van der Waals surface area (Å²) in [5.41, 5.74) is 3.00. The second-order valence-corrected chi connectivity index (χ2v) is 6.71. The summed E-state index contributed by atoms with van der Waals surface area (Å²) in [5, 5.41) is 0. The molecule has 2 aliphatic heterocycles. The maximum Gasteiger partial charge on any atom is 0.315 e. The molecule has 0 radical (unpaired) electrons. The first-order valence-corrected chi connectivity index (χ1v) is 8.97. The Hall–Kier alpha value is -2.63. The van der Waals surface area contributed by atoms with Crippen molar-refractivity contribution in [1.29, 1.82) is 0 Å². The molecule has 6 nitrogen and oxygen atoms in total. The number of rotatable bonds is 3. The number of ether oxygens (including phenoxy) is 3. The molecule has 6 heteroatoms. The second-order valence-electron chi connectivity index (χ2n) is 6.71. The summed E-state index contributed by atoms with van der Waals surface area (Å²) in [6.07, 6.45) is 2.05. The van der Waals surface area contributed by atoms with Crippen LogP contribution in [0.15, 0.2) is 34.5 Å². The lowest BCUT2D eigenvalue weighted by atomic mass is 9.71. The maximum absolute atomic E-state index is 12.7. The Bertz CT molecular complexity index is 839. The minimum atomic E-state index is -0.601. The fourth-order valence-electron chi connectivity index (χ4n) is 4.01. The number of nitrogens with zero attached hydrogens (tertiary/aromatic N) is 1. The van der Waals surface area contributed by atoms with E-state index < -0.39 is 11.8 Å². The standard InChI is InChI=1S/C20H21NO5/c1-3-24-20(23)17-11(2)21-13-5-4-6-14(22)19(13)18(17)12-7-8-15-16(9-12)26-10-25-15/h7-9,17-18H,3-6,10H2,1-2H3/t17?,18-/m0/s1. The van der Waals surface area contributed by atoms with Gasteiger partial charge in [-0.05, 0) is 44.4 Å². The number of carbonyl (C=O) groups is 2. The molecule has 0 spiro atoms. The van der Waals surface area contributed by atoms with Crippen molar-refractivity contribution >= 4 is 17.5 Å². The van der Waals surface area contributed by atoms with Gasteiger partial charge in [0.15, 0.2) is 17.3 Å². The fraction of sp³-hybridized carbons (Fsp3) is 0.450. The first-order chi connectivity index (χ1) is 12.6. The highest BCUT2D eigenvalue weighted by molar-refractivity contribution is 6.08. The van der Waals surface area contributed by atoms with E-state index in [4.69, 9.17) is 14.2 Å². The predicted molar refractivity (Wildman–Crippen MR) is 94.4 cm³/mol. The fourth-order valence-corrected chi connectivity index (χ4v) is 4.01. The Labute approximate surface area is 151 Å². The van der Waals surface area contributed by atoms with Gasteiger partial charge >= 0.3 is 5.97 Å². The van der Waals surface area contributed by atoms with Crippen LogP contribution in [-0.2, 0) is 14.3 Å². The van der Waals surface area contributed by atoms with E-state index in [1.54, 1.807) is 6.92 Å². The van der Waals surface area contributed by atoms with Crippen molar-refractivity contribution in [3.63, 3.8) is 0 Å².